The highest BCUT2D eigenvalue weighted by atomic mass is 16.3. The second-order valence-electron chi connectivity index (χ2n) is 4.30. The van der Waals surface area contributed by atoms with Crippen LogP contribution in [0.3, 0.4) is 0 Å². The lowest BCUT2D eigenvalue weighted by Crippen LogP contribution is -2.14. The van der Waals surface area contributed by atoms with Crippen LogP contribution >= 0.6 is 0 Å². The van der Waals surface area contributed by atoms with Gasteiger partial charge in [0.2, 0.25) is 0 Å². The smallest absolute Gasteiger partial charge is 0.0477 e. The van der Waals surface area contributed by atoms with Gasteiger partial charge in [-0.25, -0.2) is 0 Å². The molecule has 0 spiro atoms. The van der Waals surface area contributed by atoms with E-state index in [2.05, 4.69) is 36.5 Å². The number of hydrogen-bond acceptors (Lipinski definition) is 2. The third-order valence-electron chi connectivity index (χ3n) is 3.39. The molecule has 0 aromatic heterocycles. The summed E-state index contributed by atoms with van der Waals surface area (Å²) >= 11 is 0. The van der Waals surface area contributed by atoms with Gasteiger partial charge in [0.05, 0.1) is 0 Å². The maximum absolute atomic E-state index is 9.26. The van der Waals surface area contributed by atoms with Gasteiger partial charge in [-0.15, -0.1) is 0 Å². The van der Waals surface area contributed by atoms with E-state index in [1.807, 2.05) is 0 Å². The second-order valence-corrected chi connectivity index (χ2v) is 4.30. The van der Waals surface area contributed by atoms with E-state index >= 15 is 0 Å². The lowest BCUT2D eigenvalue weighted by Gasteiger charge is -2.16. The number of aliphatic hydroxyl groups excluding tert-OH is 1. The van der Waals surface area contributed by atoms with Crippen molar-refractivity contribution in [3.8, 4) is 0 Å². The van der Waals surface area contributed by atoms with Crippen LogP contribution in [-0.4, -0.2) is 24.8 Å². The van der Waals surface area contributed by atoms with Gasteiger partial charge in [-0.2, -0.15) is 0 Å². The van der Waals surface area contributed by atoms with Crippen molar-refractivity contribution in [1.82, 2.24) is 5.32 Å². The Bertz CT molecular complexity index is 307. The van der Waals surface area contributed by atoms with Crippen LogP contribution in [0.4, 0.5) is 0 Å². The quantitative estimate of drug-likeness (QED) is 0.784. The Balaban J connectivity index is 2.14. The van der Waals surface area contributed by atoms with Crippen LogP contribution < -0.4 is 5.32 Å². The molecule has 2 N–H and O–H groups in total. The molecule has 0 saturated carbocycles. The van der Waals surface area contributed by atoms with E-state index in [9.17, 15) is 5.11 Å². The molecule has 82 valence electrons. The van der Waals surface area contributed by atoms with E-state index in [0.717, 1.165) is 19.5 Å². The van der Waals surface area contributed by atoms with Crippen molar-refractivity contribution in [3.63, 3.8) is 0 Å². The first kappa shape index (κ1) is 10.7. The van der Waals surface area contributed by atoms with Gasteiger partial charge in [-0.05, 0) is 17.5 Å². The van der Waals surface area contributed by atoms with Crippen LogP contribution in [0.2, 0.25) is 0 Å². The summed E-state index contributed by atoms with van der Waals surface area (Å²) in [5, 5.41) is 12.6. The zero-order valence-corrected chi connectivity index (χ0v) is 9.24. The molecule has 1 aliphatic rings. The van der Waals surface area contributed by atoms with E-state index < -0.39 is 0 Å². The molecular weight excluding hydrogens is 186 g/mol. The minimum Gasteiger partial charge on any atom is -0.396 e. The zero-order chi connectivity index (χ0) is 10.7. The lowest BCUT2D eigenvalue weighted by atomic mass is 9.89. The van der Waals surface area contributed by atoms with Gasteiger partial charge in [0, 0.05) is 31.5 Å². The Kier molecular flexibility index (Phi) is 3.39. The molecule has 0 amide bonds. The first-order chi connectivity index (χ1) is 7.35. The van der Waals surface area contributed by atoms with E-state index in [-0.39, 0.29) is 6.61 Å². The van der Waals surface area contributed by atoms with Crippen molar-refractivity contribution in [1.29, 1.82) is 0 Å². The van der Waals surface area contributed by atoms with Crippen LogP contribution in [0.15, 0.2) is 24.3 Å². The summed E-state index contributed by atoms with van der Waals surface area (Å²) in [5.41, 5.74) is 2.74. The predicted molar refractivity (Wildman–Crippen MR) is 62.0 cm³/mol. The van der Waals surface area contributed by atoms with Gasteiger partial charge in [0.15, 0.2) is 0 Å². The Morgan fingerprint density at radius 1 is 1.27 bits per heavy atom. The molecule has 1 aliphatic heterocycles. The van der Waals surface area contributed by atoms with Crippen LogP contribution in [0.5, 0.6) is 0 Å². The van der Waals surface area contributed by atoms with E-state index in [0.29, 0.717) is 11.8 Å². The minimum atomic E-state index is 0.285. The summed E-state index contributed by atoms with van der Waals surface area (Å²) < 4.78 is 0. The Morgan fingerprint density at radius 2 is 2.00 bits per heavy atom. The van der Waals surface area contributed by atoms with Crippen LogP contribution in [0.25, 0.3) is 0 Å². The van der Waals surface area contributed by atoms with Crippen molar-refractivity contribution in [2.45, 2.75) is 19.3 Å². The molecule has 2 rings (SSSR count). The fourth-order valence-electron chi connectivity index (χ4n) is 2.32. The van der Waals surface area contributed by atoms with Gasteiger partial charge >= 0.3 is 0 Å². The van der Waals surface area contributed by atoms with Crippen molar-refractivity contribution in [2.75, 3.05) is 19.7 Å². The molecule has 0 bridgehead atoms. The summed E-state index contributed by atoms with van der Waals surface area (Å²) in [4.78, 5) is 0. The molecular formula is C13H19NO. The highest BCUT2D eigenvalue weighted by molar-refractivity contribution is 5.27. The van der Waals surface area contributed by atoms with Crippen LogP contribution in [0, 0.1) is 5.92 Å². The molecule has 0 unspecified atom stereocenters. The first-order valence-corrected chi connectivity index (χ1v) is 5.75. The fraction of sp³-hybridized carbons (Fsp3) is 0.538. The predicted octanol–water partition coefficient (Wildman–Crippen LogP) is 1.54. The van der Waals surface area contributed by atoms with Crippen molar-refractivity contribution in [2.24, 2.45) is 5.92 Å². The number of hydrogen-bond donors (Lipinski definition) is 2. The van der Waals surface area contributed by atoms with E-state index in [1.54, 1.807) is 0 Å². The molecule has 1 saturated heterocycles. The summed E-state index contributed by atoms with van der Waals surface area (Å²) in [5.74, 6) is 0.874. The van der Waals surface area contributed by atoms with Crippen molar-refractivity contribution < 1.29 is 5.11 Å². The standard InChI is InChI=1S/C13H19NO/c1-2-10-3-5-11(6-4-10)13-8-14-7-12(13)9-15/h3-6,12-15H,2,7-9H2,1H3/t12-,13-/m1/s1. The first-order valence-electron chi connectivity index (χ1n) is 5.75. The van der Waals surface area contributed by atoms with E-state index in [4.69, 9.17) is 0 Å². The lowest BCUT2D eigenvalue weighted by molar-refractivity contribution is 0.226. The Hall–Kier alpha value is -0.860. The molecule has 2 nitrogen and oxygen atoms in total. The molecule has 1 fully saturated rings. The number of benzene rings is 1. The Labute approximate surface area is 91.3 Å². The SMILES string of the molecule is CCc1ccc([C@H]2CNC[C@@H]2CO)cc1. The molecule has 0 radical (unpaired) electrons. The summed E-state index contributed by atoms with van der Waals surface area (Å²) in [6.07, 6.45) is 1.09. The van der Waals surface area contributed by atoms with E-state index in [1.165, 1.54) is 11.1 Å². The molecule has 1 aromatic carbocycles. The topological polar surface area (TPSA) is 32.3 Å². The second kappa shape index (κ2) is 4.77. The highest BCUT2D eigenvalue weighted by Crippen LogP contribution is 2.27. The molecule has 1 heterocycles. The normalized spacial score (nSPS) is 25.7. The van der Waals surface area contributed by atoms with Gasteiger partial charge < -0.3 is 10.4 Å². The highest BCUT2D eigenvalue weighted by Gasteiger charge is 2.27. The number of aliphatic hydroxyl groups is 1. The molecule has 0 aliphatic carbocycles. The largest absolute Gasteiger partial charge is 0.396 e. The zero-order valence-electron chi connectivity index (χ0n) is 9.24. The van der Waals surface area contributed by atoms with Crippen molar-refractivity contribution >= 4 is 0 Å². The molecule has 2 atom stereocenters. The number of aryl methyl sites for hydroxylation is 1. The van der Waals surface area contributed by atoms with Crippen LogP contribution in [0.1, 0.15) is 24.0 Å². The molecule has 15 heavy (non-hydrogen) atoms. The van der Waals surface area contributed by atoms with Crippen LogP contribution in [-0.2, 0) is 6.42 Å². The monoisotopic (exact) mass is 205 g/mol. The number of rotatable bonds is 3. The van der Waals surface area contributed by atoms with Gasteiger partial charge in [0.25, 0.3) is 0 Å². The Morgan fingerprint density at radius 3 is 2.60 bits per heavy atom. The van der Waals surface area contributed by atoms with Gasteiger partial charge in [0.1, 0.15) is 0 Å². The third kappa shape index (κ3) is 2.21. The average Bonchev–Trinajstić information content (AvgIpc) is 2.77. The molecule has 2 heteroatoms. The fourth-order valence-corrected chi connectivity index (χ4v) is 2.32. The maximum Gasteiger partial charge on any atom is 0.0477 e. The summed E-state index contributed by atoms with van der Waals surface area (Å²) in [6.45, 7) is 4.39. The van der Waals surface area contributed by atoms with Gasteiger partial charge in [-0.3, -0.25) is 0 Å². The summed E-state index contributed by atoms with van der Waals surface area (Å²) in [6, 6.07) is 8.81. The summed E-state index contributed by atoms with van der Waals surface area (Å²) in [7, 11) is 0. The third-order valence-corrected chi connectivity index (χ3v) is 3.39. The molecule has 1 aromatic rings. The van der Waals surface area contributed by atoms with Gasteiger partial charge in [-0.1, -0.05) is 31.2 Å². The minimum absolute atomic E-state index is 0.285. The number of nitrogens with one attached hydrogen (secondary N) is 1. The van der Waals surface area contributed by atoms with Crippen molar-refractivity contribution in [3.05, 3.63) is 35.4 Å². The maximum atomic E-state index is 9.26. The average molecular weight is 205 g/mol.